The Morgan fingerprint density at radius 2 is 1.90 bits per heavy atom. The number of nitrogens with one attached hydrogen (secondary N) is 1. The molecule has 1 aromatic rings. The fourth-order valence-electron chi connectivity index (χ4n) is 3.80. The molecule has 6 heteroatoms. The number of hydrogen-bond donors (Lipinski definition) is 1. The van der Waals surface area contributed by atoms with Gasteiger partial charge in [-0.15, -0.1) is 0 Å². The second-order valence-corrected chi connectivity index (χ2v) is 8.35. The molecule has 3 saturated carbocycles. The predicted octanol–water partition coefficient (Wildman–Crippen LogP) is 1.97. The molecule has 4 rings (SSSR count). The molecule has 1 unspecified atom stereocenters. The molecular formula is C15H22N2O3S. The summed E-state index contributed by atoms with van der Waals surface area (Å²) in [5, 5.41) is -0.393. The van der Waals surface area contributed by atoms with E-state index in [4.69, 9.17) is 0 Å². The molecule has 0 radical (unpaired) electrons. The van der Waals surface area contributed by atoms with Crippen LogP contribution in [0.4, 0.5) is 0 Å². The van der Waals surface area contributed by atoms with Crippen LogP contribution in [0, 0.1) is 18.8 Å². The molecule has 1 atom stereocenters. The van der Waals surface area contributed by atoms with E-state index >= 15 is 0 Å². The van der Waals surface area contributed by atoms with Crippen LogP contribution in [0.5, 0.6) is 0 Å². The predicted molar refractivity (Wildman–Crippen MR) is 80.4 cm³/mol. The standard InChI is InChI=1S/C15H22N2O3S/c1-10-3-8-13(17(10)2)15(18)16-21(19,20)14-9-11-4-6-12(14)7-5-11/h3,8,11-12,14H,4-7,9H2,1-2H3,(H,16,18). The molecular weight excluding hydrogens is 288 g/mol. The summed E-state index contributed by atoms with van der Waals surface area (Å²) in [4.78, 5) is 12.2. The summed E-state index contributed by atoms with van der Waals surface area (Å²) in [6.45, 7) is 1.88. The topological polar surface area (TPSA) is 68.2 Å². The molecule has 3 aliphatic carbocycles. The van der Waals surface area contributed by atoms with E-state index in [1.54, 1.807) is 17.7 Å². The maximum Gasteiger partial charge on any atom is 0.281 e. The van der Waals surface area contributed by atoms with Crippen molar-refractivity contribution in [3.63, 3.8) is 0 Å². The van der Waals surface area contributed by atoms with Crippen LogP contribution in [0.15, 0.2) is 12.1 Å². The van der Waals surface area contributed by atoms with Crippen molar-refractivity contribution in [2.45, 2.75) is 44.3 Å². The van der Waals surface area contributed by atoms with E-state index in [0.29, 0.717) is 18.0 Å². The monoisotopic (exact) mass is 310 g/mol. The third kappa shape index (κ3) is 2.61. The highest BCUT2D eigenvalue weighted by atomic mass is 32.2. The Kier molecular flexibility index (Phi) is 3.59. The van der Waals surface area contributed by atoms with Gasteiger partial charge in [-0.1, -0.05) is 12.8 Å². The highest BCUT2D eigenvalue weighted by Gasteiger charge is 2.43. The van der Waals surface area contributed by atoms with Crippen LogP contribution in [0.3, 0.4) is 0 Å². The van der Waals surface area contributed by atoms with Gasteiger partial charge < -0.3 is 4.57 Å². The Labute approximate surface area is 125 Å². The number of carbonyl (C=O) groups is 1. The average molecular weight is 310 g/mol. The van der Waals surface area contributed by atoms with E-state index in [1.165, 1.54) is 0 Å². The third-order valence-electron chi connectivity index (χ3n) is 5.22. The van der Waals surface area contributed by atoms with Crippen LogP contribution in [-0.4, -0.2) is 24.1 Å². The Morgan fingerprint density at radius 1 is 1.24 bits per heavy atom. The molecule has 1 heterocycles. The van der Waals surface area contributed by atoms with Crippen LogP contribution >= 0.6 is 0 Å². The molecule has 116 valence electrons. The van der Waals surface area contributed by atoms with Gasteiger partial charge in [-0.2, -0.15) is 0 Å². The lowest BCUT2D eigenvalue weighted by atomic mass is 9.70. The fraction of sp³-hybridized carbons (Fsp3) is 0.667. The average Bonchev–Trinajstić information content (AvgIpc) is 2.80. The van der Waals surface area contributed by atoms with Gasteiger partial charge in [0, 0.05) is 12.7 Å². The number of rotatable bonds is 3. The zero-order chi connectivity index (χ0) is 15.2. The van der Waals surface area contributed by atoms with Gasteiger partial charge in [0.25, 0.3) is 5.91 Å². The minimum Gasteiger partial charge on any atom is -0.344 e. The van der Waals surface area contributed by atoms with E-state index in [9.17, 15) is 13.2 Å². The molecule has 3 aliphatic rings. The van der Waals surface area contributed by atoms with Gasteiger partial charge in [0.2, 0.25) is 10.0 Å². The largest absolute Gasteiger partial charge is 0.344 e. The lowest BCUT2D eigenvalue weighted by Gasteiger charge is -2.41. The molecule has 2 bridgehead atoms. The number of sulfonamides is 1. The minimum atomic E-state index is -3.58. The Hall–Kier alpha value is -1.30. The van der Waals surface area contributed by atoms with Gasteiger partial charge in [-0.25, -0.2) is 13.1 Å². The van der Waals surface area contributed by atoms with Crippen LogP contribution < -0.4 is 4.72 Å². The molecule has 0 spiro atoms. The van der Waals surface area contributed by atoms with E-state index in [2.05, 4.69) is 4.72 Å². The summed E-state index contributed by atoms with van der Waals surface area (Å²) in [6.07, 6.45) is 4.95. The summed E-state index contributed by atoms with van der Waals surface area (Å²) in [7, 11) is -1.82. The number of nitrogens with zero attached hydrogens (tertiary/aromatic N) is 1. The molecule has 1 amide bonds. The van der Waals surface area contributed by atoms with Gasteiger partial charge in [0.1, 0.15) is 5.69 Å². The Morgan fingerprint density at radius 3 is 2.38 bits per heavy atom. The van der Waals surface area contributed by atoms with Gasteiger partial charge in [0.15, 0.2) is 0 Å². The zero-order valence-corrected chi connectivity index (χ0v) is 13.3. The molecule has 3 fully saturated rings. The van der Waals surface area contributed by atoms with E-state index in [0.717, 1.165) is 31.4 Å². The lowest BCUT2D eigenvalue weighted by Crippen LogP contribution is -2.47. The SMILES string of the molecule is Cc1ccc(C(=O)NS(=O)(=O)C2CC3CCC2CC3)n1C. The quantitative estimate of drug-likeness (QED) is 0.928. The summed E-state index contributed by atoms with van der Waals surface area (Å²) in [5.74, 6) is 0.214. The Balaban J connectivity index is 1.77. The maximum atomic E-state index is 12.5. The van der Waals surface area contributed by atoms with Crippen LogP contribution in [-0.2, 0) is 17.1 Å². The van der Waals surface area contributed by atoms with Crippen molar-refractivity contribution in [2.24, 2.45) is 18.9 Å². The van der Waals surface area contributed by atoms with Crippen molar-refractivity contribution in [1.29, 1.82) is 0 Å². The maximum absolute atomic E-state index is 12.5. The van der Waals surface area contributed by atoms with Crippen molar-refractivity contribution in [3.05, 3.63) is 23.5 Å². The van der Waals surface area contributed by atoms with Crippen molar-refractivity contribution < 1.29 is 13.2 Å². The number of aromatic nitrogens is 1. The number of fused-ring (bicyclic) bond motifs is 3. The number of amides is 1. The normalized spacial score (nSPS) is 28.6. The molecule has 5 nitrogen and oxygen atoms in total. The van der Waals surface area contributed by atoms with Crippen molar-refractivity contribution >= 4 is 15.9 Å². The first-order valence-corrected chi connectivity index (χ1v) is 9.11. The van der Waals surface area contributed by atoms with E-state index < -0.39 is 21.2 Å². The summed E-state index contributed by atoms with van der Waals surface area (Å²) in [5.41, 5.74) is 1.31. The minimum absolute atomic E-state index is 0.218. The van der Waals surface area contributed by atoms with Crippen LogP contribution in [0.1, 0.15) is 48.3 Å². The van der Waals surface area contributed by atoms with E-state index in [1.807, 2.05) is 13.0 Å². The Bertz CT molecular complexity index is 654. The molecule has 1 aromatic heterocycles. The van der Waals surface area contributed by atoms with Gasteiger partial charge >= 0.3 is 0 Å². The van der Waals surface area contributed by atoms with Gasteiger partial charge in [-0.3, -0.25) is 4.79 Å². The number of carbonyl (C=O) groups excluding carboxylic acids is 1. The van der Waals surface area contributed by atoms with Crippen LogP contribution in [0.2, 0.25) is 0 Å². The van der Waals surface area contributed by atoms with Crippen molar-refractivity contribution in [3.8, 4) is 0 Å². The molecule has 0 aliphatic heterocycles. The summed E-state index contributed by atoms with van der Waals surface area (Å²) < 4.78 is 29.1. The second-order valence-electron chi connectivity index (χ2n) is 6.45. The summed E-state index contributed by atoms with van der Waals surface area (Å²) in [6, 6.07) is 3.47. The lowest BCUT2D eigenvalue weighted by molar-refractivity contribution is 0.0970. The molecule has 0 aromatic carbocycles. The highest BCUT2D eigenvalue weighted by Crippen LogP contribution is 2.43. The summed E-state index contributed by atoms with van der Waals surface area (Å²) >= 11 is 0. The second kappa shape index (κ2) is 5.16. The fourth-order valence-corrected chi connectivity index (χ4v) is 5.61. The first-order valence-electron chi connectivity index (χ1n) is 7.57. The third-order valence-corrected chi connectivity index (χ3v) is 7.07. The van der Waals surface area contributed by atoms with E-state index in [-0.39, 0.29) is 5.92 Å². The number of hydrogen-bond acceptors (Lipinski definition) is 3. The number of aryl methyl sites for hydroxylation is 1. The van der Waals surface area contributed by atoms with Crippen molar-refractivity contribution in [1.82, 2.24) is 9.29 Å². The smallest absolute Gasteiger partial charge is 0.281 e. The molecule has 1 N–H and O–H groups in total. The van der Waals surface area contributed by atoms with Crippen molar-refractivity contribution in [2.75, 3.05) is 0 Å². The first-order chi connectivity index (χ1) is 9.88. The highest BCUT2D eigenvalue weighted by molar-refractivity contribution is 7.90. The van der Waals surface area contributed by atoms with Gasteiger partial charge in [0.05, 0.1) is 5.25 Å². The zero-order valence-electron chi connectivity index (χ0n) is 12.5. The first kappa shape index (κ1) is 14.6. The molecule has 21 heavy (non-hydrogen) atoms. The van der Waals surface area contributed by atoms with Crippen LogP contribution in [0.25, 0.3) is 0 Å². The molecule has 0 saturated heterocycles. The van der Waals surface area contributed by atoms with Gasteiger partial charge in [-0.05, 0) is 50.2 Å².